The van der Waals surface area contributed by atoms with Crippen LogP contribution in [0.5, 0.6) is 0 Å². The minimum atomic E-state index is 0.263. The number of nitrogens with zero attached hydrogens (tertiary/aromatic N) is 4. The SMILES string of the molecule is OCCN1CCC(C2c3nccn3CCCN2Cc2ccccc2)CC1. The molecule has 2 aliphatic heterocycles. The molecule has 0 radical (unpaired) electrons. The fourth-order valence-electron chi connectivity index (χ4n) is 4.66. The van der Waals surface area contributed by atoms with Gasteiger partial charge in [0, 0.05) is 38.6 Å². The van der Waals surface area contributed by atoms with E-state index in [2.05, 4.69) is 50.9 Å². The summed E-state index contributed by atoms with van der Waals surface area (Å²) in [5, 5.41) is 9.22. The van der Waals surface area contributed by atoms with Crippen molar-refractivity contribution in [3.63, 3.8) is 0 Å². The molecule has 1 fully saturated rings. The summed E-state index contributed by atoms with van der Waals surface area (Å²) < 4.78 is 2.37. The van der Waals surface area contributed by atoms with Gasteiger partial charge in [-0.3, -0.25) is 4.90 Å². The van der Waals surface area contributed by atoms with Crippen LogP contribution >= 0.6 is 0 Å². The topological polar surface area (TPSA) is 44.5 Å². The number of imidazole rings is 1. The number of hydrogen-bond donors (Lipinski definition) is 1. The summed E-state index contributed by atoms with van der Waals surface area (Å²) in [6.07, 6.45) is 7.66. The van der Waals surface area contributed by atoms with Crippen molar-refractivity contribution in [2.45, 2.75) is 38.4 Å². The summed E-state index contributed by atoms with van der Waals surface area (Å²) in [7, 11) is 0. The largest absolute Gasteiger partial charge is 0.395 e. The molecule has 1 saturated heterocycles. The van der Waals surface area contributed by atoms with Crippen LogP contribution in [0, 0.1) is 5.92 Å². The van der Waals surface area contributed by atoms with Gasteiger partial charge in [0.05, 0.1) is 12.6 Å². The molecule has 2 aromatic rings. The van der Waals surface area contributed by atoms with Crippen LogP contribution in [-0.2, 0) is 13.1 Å². The van der Waals surface area contributed by atoms with Crippen LogP contribution in [0.4, 0.5) is 0 Å². The third kappa shape index (κ3) is 3.85. The molecule has 140 valence electrons. The summed E-state index contributed by atoms with van der Waals surface area (Å²) in [6.45, 7) is 6.43. The number of aryl methyl sites for hydroxylation is 1. The predicted octanol–water partition coefficient (Wildman–Crippen LogP) is 2.53. The van der Waals surface area contributed by atoms with Crippen LogP contribution < -0.4 is 0 Å². The van der Waals surface area contributed by atoms with E-state index in [1.165, 1.54) is 30.7 Å². The number of fused-ring (bicyclic) bond motifs is 1. The van der Waals surface area contributed by atoms with Crippen LogP contribution in [-0.4, -0.2) is 57.2 Å². The molecular weight excluding hydrogens is 324 g/mol. The Bertz CT molecular complexity index is 678. The Morgan fingerprint density at radius 2 is 1.85 bits per heavy atom. The van der Waals surface area contributed by atoms with Gasteiger partial charge in [-0.15, -0.1) is 0 Å². The van der Waals surface area contributed by atoms with Gasteiger partial charge in [0.2, 0.25) is 0 Å². The molecular formula is C21H30N4O. The minimum absolute atomic E-state index is 0.263. The number of aliphatic hydroxyl groups excluding tert-OH is 1. The van der Waals surface area contributed by atoms with Crippen molar-refractivity contribution in [3.8, 4) is 0 Å². The summed E-state index contributed by atoms with van der Waals surface area (Å²) in [5.74, 6) is 1.88. The van der Waals surface area contributed by atoms with Gasteiger partial charge in [-0.2, -0.15) is 0 Å². The predicted molar refractivity (Wildman–Crippen MR) is 103 cm³/mol. The third-order valence-electron chi connectivity index (χ3n) is 5.97. The lowest BCUT2D eigenvalue weighted by Crippen LogP contribution is -2.41. The molecule has 2 aliphatic rings. The molecule has 26 heavy (non-hydrogen) atoms. The smallest absolute Gasteiger partial charge is 0.126 e. The average Bonchev–Trinajstić information content (AvgIpc) is 3.06. The monoisotopic (exact) mass is 354 g/mol. The highest BCUT2D eigenvalue weighted by Crippen LogP contribution is 2.37. The van der Waals surface area contributed by atoms with E-state index in [-0.39, 0.29) is 6.61 Å². The maximum absolute atomic E-state index is 9.22. The van der Waals surface area contributed by atoms with E-state index in [1.807, 2.05) is 6.20 Å². The summed E-state index contributed by atoms with van der Waals surface area (Å²) in [6, 6.07) is 11.2. The van der Waals surface area contributed by atoms with Crippen molar-refractivity contribution < 1.29 is 5.11 Å². The molecule has 0 bridgehead atoms. The van der Waals surface area contributed by atoms with E-state index in [9.17, 15) is 5.11 Å². The lowest BCUT2D eigenvalue weighted by molar-refractivity contribution is 0.0727. The van der Waals surface area contributed by atoms with Crippen LogP contribution in [0.15, 0.2) is 42.7 Å². The molecule has 0 aliphatic carbocycles. The standard InChI is InChI=1S/C21H30N4O/c26-16-15-23-12-7-19(8-13-23)20-21-22-9-14-24(21)10-4-11-25(20)17-18-5-2-1-3-6-18/h1-3,5-6,9,14,19-20,26H,4,7-8,10-13,15-17H2. The second kappa shape index (κ2) is 8.33. The van der Waals surface area contributed by atoms with E-state index in [0.717, 1.165) is 39.3 Å². The second-order valence-electron chi connectivity index (χ2n) is 7.64. The molecule has 1 N–H and O–H groups in total. The molecule has 0 spiro atoms. The molecule has 1 unspecified atom stereocenters. The van der Waals surface area contributed by atoms with Crippen LogP contribution in [0.3, 0.4) is 0 Å². The first kappa shape index (κ1) is 17.7. The van der Waals surface area contributed by atoms with Gasteiger partial charge >= 0.3 is 0 Å². The van der Waals surface area contributed by atoms with Crippen LogP contribution in [0.2, 0.25) is 0 Å². The first-order valence-electron chi connectivity index (χ1n) is 9.97. The second-order valence-corrected chi connectivity index (χ2v) is 7.64. The fourth-order valence-corrected chi connectivity index (χ4v) is 4.66. The zero-order valence-corrected chi connectivity index (χ0v) is 15.5. The van der Waals surface area contributed by atoms with Gasteiger partial charge < -0.3 is 14.6 Å². The van der Waals surface area contributed by atoms with Crippen molar-refractivity contribution >= 4 is 0 Å². The Morgan fingerprint density at radius 3 is 2.62 bits per heavy atom. The molecule has 1 aromatic carbocycles. The number of benzene rings is 1. The van der Waals surface area contributed by atoms with Gasteiger partial charge in [0.25, 0.3) is 0 Å². The quantitative estimate of drug-likeness (QED) is 0.896. The van der Waals surface area contributed by atoms with E-state index in [0.29, 0.717) is 12.0 Å². The maximum Gasteiger partial charge on any atom is 0.126 e. The van der Waals surface area contributed by atoms with Crippen molar-refractivity contribution in [1.29, 1.82) is 0 Å². The number of rotatable bonds is 5. The van der Waals surface area contributed by atoms with Gasteiger partial charge in [0.15, 0.2) is 0 Å². The Hall–Kier alpha value is -1.69. The first-order chi connectivity index (χ1) is 12.8. The number of piperidine rings is 1. The number of β-amino-alcohol motifs (C(OH)–C–C–N with tert-alkyl or cyclic N) is 1. The molecule has 0 amide bonds. The van der Waals surface area contributed by atoms with Crippen molar-refractivity contribution in [2.75, 3.05) is 32.8 Å². The molecule has 5 heteroatoms. The lowest BCUT2D eigenvalue weighted by Gasteiger charge is -2.40. The first-order valence-corrected chi connectivity index (χ1v) is 9.97. The van der Waals surface area contributed by atoms with Crippen molar-refractivity contribution in [1.82, 2.24) is 19.4 Å². The van der Waals surface area contributed by atoms with Crippen LogP contribution in [0.1, 0.15) is 36.7 Å². The third-order valence-corrected chi connectivity index (χ3v) is 5.97. The average molecular weight is 354 g/mol. The summed E-state index contributed by atoms with van der Waals surface area (Å²) in [5.41, 5.74) is 1.38. The summed E-state index contributed by atoms with van der Waals surface area (Å²) >= 11 is 0. The number of likely N-dealkylation sites (tertiary alicyclic amines) is 1. The van der Waals surface area contributed by atoms with Gasteiger partial charge in [-0.1, -0.05) is 30.3 Å². The van der Waals surface area contributed by atoms with Crippen molar-refractivity contribution in [2.24, 2.45) is 5.92 Å². The highest BCUT2D eigenvalue weighted by Gasteiger charge is 2.35. The lowest BCUT2D eigenvalue weighted by atomic mass is 9.87. The van der Waals surface area contributed by atoms with Crippen LogP contribution in [0.25, 0.3) is 0 Å². The van der Waals surface area contributed by atoms with E-state index in [4.69, 9.17) is 4.98 Å². The molecule has 3 heterocycles. The Kier molecular flexibility index (Phi) is 5.68. The maximum atomic E-state index is 9.22. The number of aromatic nitrogens is 2. The fraction of sp³-hybridized carbons (Fsp3) is 0.571. The molecule has 4 rings (SSSR count). The zero-order chi connectivity index (χ0) is 17.8. The zero-order valence-electron chi connectivity index (χ0n) is 15.5. The van der Waals surface area contributed by atoms with Gasteiger partial charge in [0.1, 0.15) is 5.82 Å². The molecule has 1 atom stereocenters. The van der Waals surface area contributed by atoms with Gasteiger partial charge in [-0.25, -0.2) is 4.98 Å². The number of hydrogen-bond acceptors (Lipinski definition) is 4. The Balaban J connectivity index is 1.56. The van der Waals surface area contributed by atoms with E-state index in [1.54, 1.807) is 0 Å². The highest BCUT2D eigenvalue weighted by atomic mass is 16.3. The molecule has 5 nitrogen and oxygen atoms in total. The molecule has 1 aromatic heterocycles. The van der Waals surface area contributed by atoms with Gasteiger partial charge in [-0.05, 0) is 43.8 Å². The van der Waals surface area contributed by atoms with Crippen molar-refractivity contribution in [3.05, 3.63) is 54.1 Å². The summed E-state index contributed by atoms with van der Waals surface area (Å²) in [4.78, 5) is 9.84. The number of aliphatic hydroxyl groups is 1. The Labute approximate surface area is 156 Å². The minimum Gasteiger partial charge on any atom is -0.395 e. The Morgan fingerprint density at radius 1 is 1.04 bits per heavy atom. The normalized spacial score (nSPS) is 22.9. The van der Waals surface area contributed by atoms with E-state index >= 15 is 0 Å². The highest BCUT2D eigenvalue weighted by molar-refractivity contribution is 5.16. The molecule has 0 saturated carbocycles. The van der Waals surface area contributed by atoms with E-state index < -0.39 is 0 Å².